The first-order valence-corrected chi connectivity index (χ1v) is 6.43. The van der Waals surface area contributed by atoms with Crippen LogP contribution in [0, 0.1) is 0 Å². The predicted molar refractivity (Wildman–Crippen MR) is 71.7 cm³/mol. The van der Waals surface area contributed by atoms with Crippen molar-refractivity contribution < 1.29 is 9.53 Å². The van der Waals surface area contributed by atoms with Gasteiger partial charge in [0.15, 0.2) is 0 Å². The largest absolute Gasteiger partial charge is 0.484 e. The zero-order chi connectivity index (χ0) is 13.0. The summed E-state index contributed by atoms with van der Waals surface area (Å²) in [4.78, 5) is 10.9. The molecule has 0 fully saturated rings. The Morgan fingerprint density at radius 2 is 2.00 bits per heavy atom. The minimum atomic E-state index is -0.449. The number of carbonyl (C=O) groups excluding carboxylic acids is 1. The fourth-order valence-corrected chi connectivity index (χ4v) is 2.27. The molecule has 0 radical (unpaired) electrons. The summed E-state index contributed by atoms with van der Waals surface area (Å²) in [5.74, 6) is 0.219. The predicted octanol–water partition coefficient (Wildman–Crippen LogP) is 1.93. The maximum atomic E-state index is 10.9. The third kappa shape index (κ3) is 2.88. The average Bonchev–Trinajstić information content (AvgIpc) is 2.90. The second kappa shape index (κ2) is 5.66. The number of primary amides is 1. The van der Waals surface area contributed by atoms with E-state index >= 15 is 0 Å². The fraction of sp³-hybridized carbons (Fsp3) is 0.154. The van der Waals surface area contributed by atoms with Gasteiger partial charge in [0.25, 0.3) is 0 Å². The molecular formula is C13H14N2O2S. The van der Waals surface area contributed by atoms with Gasteiger partial charge in [-0.05, 0) is 41.1 Å². The Kier molecular flexibility index (Phi) is 3.96. The molecule has 5 heteroatoms. The van der Waals surface area contributed by atoms with Gasteiger partial charge >= 0.3 is 0 Å². The van der Waals surface area contributed by atoms with E-state index in [2.05, 4.69) is 0 Å². The van der Waals surface area contributed by atoms with Crippen molar-refractivity contribution in [2.24, 2.45) is 11.5 Å². The third-order valence-electron chi connectivity index (χ3n) is 2.55. The zero-order valence-electron chi connectivity index (χ0n) is 9.71. The van der Waals surface area contributed by atoms with Crippen LogP contribution in [0.4, 0.5) is 0 Å². The van der Waals surface area contributed by atoms with E-state index in [-0.39, 0.29) is 6.10 Å². The summed E-state index contributed by atoms with van der Waals surface area (Å²) in [6.45, 7) is 0.397. The van der Waals surface area contributed by atoms with Crippen LogP contribution in [0.15, 0.2) is 41.1 Å². The van der Waals surface area contributed by atoms with E-state index < -0.39 is 5.91 Å². The molecule has 0 aliphatic rings. The number of benzene rings is 1. The highest BCUT2D eigenvalue weighted by Crippen LogP contribution is 2.23. The van der Waals surface area contributed by atoms with Gasteiger partial charge in [-0.25, -0.2) is 0 Å². The van der Waals surface area contributed by atoms with E-state index in [1.54, 1.807) is 35.6 Å². The molecular weight excluding hydrogens is 248 g/mol. The molecule has 4 N–H and O–H groups in total. The summed E-state index contributed by atoms with van der Waals surface area (Å²) >= 11 is 1.60. The number of hydrogen-bond donors (Lipinski definition) is 2. The molecule has 4 nitrogen and oxygen atoms in total. The maximum absolute atomic E-state index is 10.9. The van der Waals surface area contributed by atoms with Crippen LogP contribution in [-0.2, 0) is 0 Å². The van der Waals surface area contributed by atoms with Crippen LogP contribution >= 0.6 is 11.3 Å². The third-order valence-corrected chi connectivity index (χ3v) is 3.25. The van der Waals surface area contributed by atoms with Crippen LogP contribution in [0.25, 0.3) is 0 Å². The van der Waals surface area contributed by atoms with Crippen LogP contribution < -0.4 is 16.2 Å². The highest BCUT2D eigenvalue weighted by molar-refractivity contribution is 7.07. The van der Waals surface area contributed by atoms with Crippen molar-refractivity contribution in [2.75, 3.05) is 6.54 Å². The Morgan fingerprint density at radius 3 is 2.50 bits per heavy atom. The normalized spacial score (nSPS) is 12.1. The van der Waals surface area contributed by atoms with E-state index in [0.717, 1.165) is 5.56 Å². The minimum absolute atomic E-state index is 0.171. The Labute approximate surface area is 109 Å². The molecule has 1 heterocycles. The van der Waals surface area contributed by atoms with Gasteiger partial charge in [-0.1, -0.05) is 0 Å². The molecule has 0 spiro atoms. The fourth-order valence-electron chi connectivity index (χ4n) is 1.57. The first-order chi connectivity index (χ1) is 8.70. The Hall–Kier alpha value is -1.85. The Bertz CT molecular complexity index is 508. The van der Waals surface area contributed by atoms with Crippen LogP contribution in [-0.4, -0.2) is 12.5 Å². The van der Waals surface area contributed by atoms with E-state index in [0.29, 0.717) is 17.9 Å². The van der Waals surface area contributed by atoms with E-state index in [9.17, 15) is 4.79 Å². The monoisotopic (exact) mass is 262 g/mol. The first kappa shape index (κ1) is 12.6. The summed E-state index contributed by atoms with van der Waals surface area (Å²) in [5, 5.41) is 3.99. The van der Waals surface area contributed by atoms with Crippen molar-refractivity contribution in [3.05, 3.63) is 52.2 Å². The van der Waals surface area contributed by atoms with Crippen molar-refractivity contribution in [3.8, 4) is 5.75 Å². The quantitative estimate of drug-likeness (QED) is 0.864. The molecule has 0 aliphatic heterocycles. The van der Waals surface area contributed by atoms with Crippen molar-refractivity contribution >= 4 is 17.2 Å². The van der Waals surface area contributed by atoms with E-state index in [4.69, 9.17) is 16.2 Å². The molecule has 94 valence electrons. The second-order valence-electron chi connectivity index (χ2n) is 3.79. The highest BCUT2D eigenvalue weighted by atomic mass is 32.1. The summed E-state index contributed by atoms with van der Waals surface area (Å²) < 4.78 is 5.77. The van der Waals surface area contributed by atoms with Gasteiger partial charge in [0.1, 0.15) is 11.9 Å². The molecule has 0 bridgehead atoms. The van der Waals surface area contributed by atoms with Crippen molar-refractivity contribution in [2.45, 2.75) is 6.10 Å². The van der Waals surface area contributed by atoms with Gasteiger partial charge in [0.05, 0.1) is 0 Å². The highest BCUT2D eigenvalue weighted by Gasteiger charge is 2.12. The summed E-state index contributed by atoms with van der Waals surface area (Å²) in [6.07, 6.45) is -0.171. The lowest BCUT2D eigenvalue weighted by Crippen LogP contribution is -2.18. The lowest BCUT2D eigenvalue weighted by molar-refractivity contribution is 0.1000. The number of nitrogens with two attached hydrogens (primary N) is 2. The van der Waals surface area contributed by atoms with Crippen LogP contribution in [0.5, 0.6) is 5.75 Å². The standard InChI is InChI=1S/C13H14N2O2S/c14-7-12(10-5-6-18-8-10)17-11-3-1-9(2-4-11)13(15)16/h1-6,8,12H,7,14H2,(H2,15,16). The van der Waals surface area contributed by atoms with E-state index in [1.807, 2.05) is 16.8 Å². The molecule has 2 rings (SSSR count). The number of carbonyl (C=O) groups is 1. The van der Waals surface area contributed by atoms with Crippen LogP contribution in [0.1, 0.15) is 22.0 Å². The average molecular weight is 262 g/mol. The Morgan fingerprint density at radius 1 is 1.28 bits per heavy atom. The van der Waals surface area contributed by atoms with Crippen LogP contribution in [0.2, 0.25) is 0 Å². The number of rotatable bonds is 5. The van der Waals surface area contributed by atoms with Gasteiger partial charge in [-0.3, -0.25) is 4.79 Å². The van der Waals surface area contributed by atoms with Gasteiger partial charge in [0.2, 0.25) is 5.91 Å². The molecule has 1 amide bonds. The van der Waals surface area contributed by atoms with Gasteiger partial charge in [-0.2, -0.15) is 11.3 Å². The molecule has 0 saturated heterocycles. The topological polar surface area (TPSA) is 78.3 Å². The number of hydrogen-bond acceptors (Lipinski definition) is 4. The van der Waals surface area contributed by atoms with Crippen LogP contribution in [0.3, 0.4) is 0 Å². The van der Waals surface area contributed by atoms with Crippen molar-refractivity contribution in [1.82, 2.24) is 0 Å². The molecule has 18 heavy (non-hydrogen) atoms. The SMILES string of the molecule is NCC(Oc1ccc(C(N)=O)cc1)c1ccsc1. The number of thiophene rings is 1. The number of ether oxygens (including phenoxy) is 1. The molecule has 0 aliphatic carbocycles. The van der Waals surface area contributed by atoms with Gasteiger partial charge < -0.3 is 16.2 Å². The van der Waals surface area contributed by atoms with E-state index in [1.165, 1.54) is 0 Å². The molecule has 1 aromatic carbocycles. The molecule has 2 aromatic rings. The summed E-state index contributed by atoms with van der Waals surface area (Å²) in [7, 11) is 0. The van der Waals surface area contributed by atoms with Gasteiger partial charge in [-0.15, -0.1) is 0 Å². The number of amides is 1. The maximum Gasteiger partial charge on any atom is 0.248 e. The summed E-state index contributed by atoms with van der Waals surface area (Å²) in [6, 6.07) is 8.70. The Balaban J connectivity index is 2.10. The van der Waals surface area contributed by atoms with Crippen molar-refractivity contribution in [1.29, 1.82) is 0 Å². The molecule has 1 unspecified atom stereocenters. The smallest absolute Gasteiger partial charge is 0.248 e. The second-order valence-corrected chi connectivity index (χ2v) is 4.57. The minimum Gasteiger partial charge on any atom is -0.484 e. The molecule has 0 saturated carbocycles. The first-order valence-electron chi connectivity index (χ1n) is 5.49. The lowest BCUT2D eigenvalue weighted by atomic mass is 10.2. The summed E-state index contributed by atoms with van der Waals surface area (Å²) in [5.41, 5.74) is 12.4. The molecule has 1 aromatic heterocycles. The van der Waals surface area contributed by atoms with Gasteiger partial charge in [0, 0.05) is 17.7 Å². The molecule has 1 atom stereocenters. The lowest BCUT2D eigenvalue weighted by Gasteiger charge is -2.16. The zero-order valence-corrected chi connectivity index (χ0v) is 10.5. The van der Waals surface area contributed by atoms with Crippen molar-refractivity contribution in [3.63, 3.8) is 0 Å².